The van der Waals surface area contributed by atoms with Crippen LogP contribution in [0.5, 0.6) is 11.5 Å². The topological polar surface area (TPSA) is 38.7 Å². The molecule has 1 radical (unpaired) electrons. The highest BCUT2D eigenvalue weighted by Gasteiger charge is 2.07. The summed E-state index contributed by atoms with van der Waals surface area (Å²) in [5, 5.41) is 8.61. The zero-order chi connectivity index (χ0) is 13.0. The van der Waals surface area contributed by atoms with Crippen LogP contribution in [-0.4, -0.2) is 19.8 Å². The number of halogens is 1. The van der Waals surface area contributed by atoms with Crippen molar-refractivity contribution >= 4 is 7.69 Å². The van der Waals surface area contributed by atoms with Crippen LogP contribution in [0.3, 0.4) is 0 Å². The van der Waals surface area contributed by atoms with E-state index in [2.05, 4.69) is 0 Å². The molecule has 3 nitrogen and oxygen atoms in total. The summed E-state index contributed by atoms with van der Waals surface area (Å²) in [5.74, 6) is 0.553. The van der Waals surface area contributed by atoms with Crippen LogP contribution in [0.4, 0.5) is 4.39 Å². The fraction of sp³-hybridized carbons (Fsp3) is 0.0769. The molecule has 0 heterocycles. The van der Waals surface area contributed by atoms with E-state index >= 15 is 0 Å². The molecule has 0 aliphatic rings. The van der Waals surface area contributed by atoms with Crippen molar-refractivity contribution in [3.05, 3.63) is 48.3 Å². The normalized spacial score (nSPS) is 9.94. The van der Waals surface area contributed by atoms with Gasteiger partial charge in [0.2, 0.25) is 0 Å². The first-order valence-corrected chi connectivity index (χ1v) is 5.31. The largest absolute Gasteiger partial charge is 0.569 e. The van der Waals surface area contributed by atoms with Crippen LogP contribution in [-0.2, 0) is 0 Å². The van der Waals surface area contributed by atoms with E-state index in [4.69, 9.17) is 14.4 Å². The van der Waals surface area contributed by atoms with Gasteiger partial charge in [0.05, 0.1) is 7.11 Å². The van der Waals surface area contributed by atoms with E-state index in [1.165, 1.54) is 19.2 Å². The second-order valence-corrected chi connectivity index (χ2v) is 3.60. The first-order chi connectivity index (χ1) is 8.74. The van der Waals surface area contributed by atoms with Crippen molar-refractivity contribution < 1.29 is 18.8 Å². The second kappa shape index (κ2) is 5.55. The molecule has 0 saturated heterocycles. The summed E-state index contributed by atoms with van der Waals surface area (Å²) in [4.78, 5) is 0. The third-order valence-corrected chi connectivity index (χ3v) is 2.50. The summed E-state index contributed by atoms with van der Waals surface area (Å²) in [5.41, 5.74) is 1.55. The van der Waals surface area contributed by atoms with Gasteiger partial charge >= 0.3 is 7.69 Å². The Labute approximate surface area is 105 Å². The van der Waals surface area contributed by atoms with Gasteiger partial charge in [-0.3, -0.25) is 0 Å². The van der Waals surface area contributed by atoms with Gasteiger partial charge in [-0.15, -0.1) is 0 Å². The zero-order valence-electron chi connectivity index (χ0n) is 9.76. The minimum Gasteiger partial charge on any atom is -0.535 e. The Bertz CT molecular complexity index is 546. The Hall–Kier alpha value is -2.01. The maximum atomic E-state index is 13.1. The van der Waals surface area contributed by atoms with Crippen molar-refractivity contribution in [2.24, 2.45) is 0 Å². The van der Waals surface area contributed by atoms with Gasteiger partial charge in [0.25, 0.3) is 0 Å². The standard InChI is InChI=1S/C13H11BFO3/c1-17-13-8-10(5-6-12(13)18-14-16)9-3-2-4-11(15)7-9/h2-8,16H,1H3. The van der Waals surface area contributed by atoms with Gasteiger partial charge in [0.15, 0.2) is 5.75 Å². The SMILES string of the molecule is COc1cc(-c2cccc(F)c2)ccc1O[B]O. The molecular formula is C13H11BFO3. The molecule has 5 heteroatoms. The van der Waals surface area contributed by atoms with Crippen LogP contribution in [0.25, 0.3) is 11.1 Å². The number of hydrogen-bond acceptors (Lipinski definition) is 3. The molecule has 1 N–H and O–H groups in total. The van der Waals surface area contributed by atoms with E-state index in [-0.39, 0.29) is 5.82 Å². The molecule has 0 bridgehead atoms. The number of hydrogen-bond donors (Lipinski definition) is 1. The van der Waals surface area contributed by atoms with E-state index in [1.807, 2.05) is 0 Å². The van der Waals surface area contributed by atoms with Crippen molar-refractivity contribution in [1.82, 2.24) is 0 Å². The lowest BCUT2D eigenvalue weighted by molar-refractivity contribution is 0.382. The van der Waals surface area contributed by atoms with Crippen LogP contribution in [0.1, 0.15) is 0 Å². The smallest absolute Gasteiger partial charge is 0.535 e. The molecule has 0 fully saturated rings. The highest BCUT2D eigenvalue weighted by molar-refractivity contribution is 6.17. The molecule has 0 atom stereocenters. The van der Waals surface area contributed by atoms with E-state index in [9.17, 15) is 4.39 Å². The van der Waals surface area contributed by atoms with Crippen molar-refractivity contribution in [3.8, 4) is 22.6 Å². The number of benzene rings is 2. The van der Waals surface area contributed by atoms with Crippen molar-refractivity contribution in [1.29, 1.82) is 0 Å². The average molecular weight is 245 g/mol. The Morgan fingerprint density at radius 3 is 2.50 bits per heavy atom. The molecular weight excluding hydrogens is 234 g/mol. The highest BCUT2D eigenvalue weighted by atomic mass is 19.1. The quantitative estimate of drug-likeness (QED) is 0.840. The van der Waals surface area contributed by atoms with Crippen molar-refractivity contribution in [2.45, 2.75) is 0 Å². The molecule has 0 aliphatic carbocycles. The first-order valence-electron chi connectivity index (χ1n) is 5.31. The molecule has 0 spiro atoms. The van der Waals surface area contributed by atoms with Crippen LogP contribution in [0, 0.1) is 5.82 Å². The van der Waals surface area contributed by atoms with Crippen LogP contribution >= 0.6 is 0 Å². The molecule has 91 valence electrons. The summed E-state index contributed by atoms with van der Waals surface area (Å²) in [6.07, 6.45) is 0. The molecule has 0 aliphatic heterocycles. The lowest BCUT2D eigenvalue weighted by atomic mass is 10.0. The van der Waals surface area contributed by atoms with Crippen molar-refractivity contribution in [2.75, 3.05) is 7.11 Å². The Kier molecular flexibility index (Phi) is 3.84. The summed E-state index contributed by atoms with van der Waals surface area (Å²) >= 11 is 0. The van der Waals surface area contributed by atoms with Gasteiger partial charge in [-0.1, -0.05) is 18.2 Å². The summed E-state index contributed by atoms with van der Waals surface area (Å²) in [6, 6.07) is 11.4. The number of methoxy groups -OCH3 is 1. The monoisotopic (exact) mass is 245 g/mol. The van der Waals surface area contributed by atoms with E-state index in [1.54, 1.807) is 30.3 Å². The van der Waals surface area contributed by atoms with Gasteiger partial charge in [0.1, 0.15) is 11.6 Å². The first kappa shape index (κ1) is 12.5. The minimum absolute atomic E-state index is 0.296. The molecule has 2 rings (SSSR count). The fourth-order valence-corrected chi connectivity index (χ4v) is 1.67. The molecule has 2 aromatic rings. The molecule has 0 unspecified atom stereocenters. The molecule has 0 amide bonds. The maximum Gasteiger partial charge on any atom is 0.569 e. The van der Waals surface area contributed by atoms with Crippen molar-refractivity contribution in [3.63, 3.8) is 0 Å². The van der Waals surface area contributed by atoms with E-state index in [0.717, 1.165) is 11.1 Å². The average Bonchev–Trinajstić information content (AvgIpc) is 2.39. The molecule has 0 aromatic heterocycles. The van der Waals surface area contributed by atoms with Crippen LogP contribution < -0.4 is 9.39 Å². The van der Waals surface area contributed by atoms with Gasteiger partial charge in [-0.25, -0.2) is 4.39 Å². The Morgan fingerprint density at radius 1 is 1.06 bits per heavy atom. The fourth-order valence-electron chi connectivity index (χ4n) is 1.67. The third-order valence-electron chi connectivity index (χ3n) is 2.50. The van der Waals surface area contributed by atoms with Gasteiger partial charge in [-0.05, 0) is 35.4 Å². The minimum atomic E-state index is -0.296. The highest BCUT2D eigenvalue weighted by Crippen LogP contribution is 2.32. The summed E-state index contributed by atoms with van der Waals surface area (Å²) in [6.45, 7) is 0. The summed E-state index contributed by atoms with van der Waals surface area (Å²) in [7, 11) is 2.08. The van der Waals surface area contributed by atoms with E-state index < -0.39 is 0 Å². The molecule has 18 heavy (non-hydrogen) atoms. The van der Waals surface area contributed by atoms with Crippen LogP contribution in [0.2, 0.25) is 0 Å². The second-order valence-electron chi connectivity index (χ2n) is 3.60. The Balaban J connectivity index is 2.41. The Morgan fingerprint density at radius 2 is 1.83 bits per heavy atom. The third kappa shape index (κ3) is 2.63. The van der Waals surface area contributed by atoms with Gasteiger partial charge in [-0.2, -0.15) is 0 Å². The lowest BCUT2D eigenvalue weighted by Crippen LogP contribution is -2.01. The van der Waals surface area contributed by atoms with Gasteiger partial charge < -0.3 is 14.4 Å². The molecule has 2 aromatic carbocycles. The zero-order valence-corrected chi connectivity index (χ0v) is 9.76. The molecule has 0 saturated carbocycles. The maximum absolute atomic E-state index is 13.1. The predicted octanol–water partition coefficient (Wildman–Crippen LogP) is 2.41. The number of ether oxygens (including phenoxy) is 1. The van der Waals surface area contributed by atoms with Gasteiger partial charge in [0, 0.05) is 0 Å². The number of rotatable bonds is 4. The predicted molar refractivity (Wildman–Crippen MR) is 67.0 cm³/mol. The van der Waals surface area contributed by atoms with Crippen LogP contribution in [0.15, 0.2) is 42.5 Å². The lowest BCUT2D eigenvalue weighted by Gasteiger charge is -2.10. The van der Waals surface area contributed by atoms with E-state index in [0.29, 0.717) is 19.2 Å². The summed E-state index contributed by atoms with van der Waals surface area (Å²) < 4.78 is 23.2.